The van der Waals surface area contributed by atoms with Crippen molar-refractivity contribution < 1.29 is 23.0 Å². The van der Waals surface area contributed by atoms with Gasteiger partial charge in [-0.15, -0.1) is 0 Å². The van der Waals surface area contributed by atoms with Crippen LogP contribution in [0, 0.1) is 18.6 Å². The zero-order chi connectivity index (χ0) is 17.9. The highest BCUT2D eigenvalue weighted by Gasteiger charge is 2.16. The zero-order valence-electron chi connectivity index (χ0n) is 14.0. The molecule has 0 aliphatic rings. The van der Waals surface area contributed by atoms with E-state index in [0.29, 0.717) is 11.5 Å². The second-order valence-electron chi connectivity index (χ2n) is 5.45. The van der Waals surface area contributed by atoms with Crippen molar-refractivity contribution >= 4 is 5.91 Å². The van der Waals surface area contributed by atoms with Crippen molar-refractivity contribution in [2.75, 3.05) is 21.3 Å². The van der Waals surface area contributed by atoms with Gasteiger partial charge in [-0.2, -0.15) is 0 Å². The fourth-order valence-corrected chi connectivity index (χ4v) is 2.42. The lowest BCUT2D eigenvalue weighted by atomic mass is 10.1. The molecule has 0 saturated heterocycles. The van der Waals surface area contributed by atoms with Crippen LogP contribution in [0.25, 0.3) is 0 Å². The Morgan fingerprint density at radius 2 is 1.54 bits per heavy atom. The van der Waals surface area contributed by atoms with Gasteiger partial charge in [-0.1, -0.05) is 0 Å². The van der Waals surface area contributed by atoms with Gasteiger partial charge in [0.05, 0.1) is 14.2 Å². The maximum absolute atomic E-state index is 13.3. The largest absolute Gasteiger partial charge is 0.493 e. The standard InChI is InChI=1S/C18H19F2NO3/c1-11-5-16(23-3)17(24-4)8-13(11)10-21(2)18(22)12-6-14(19)9-15(20)7-12/h5-9H,10H2,1-4H3. The number of ether oxygens (including phenoxy) is 2. The van der Waals surface area contributed by atoms with Crippen LogP contribution in [-0.4, -0.2) is 32.1 Å². The molecule has 24 heavy (non-hydrogen) atoms. The van der Waals surface area contributed by atoms with Crippen LogP contribution < -0.4 is 9.47 Å². The summed E-state index contributed by atoms with van der Waals surface area (Å²) in [6, 6.07) is 6.36. The summed E-state index contributed by atoms with van der Waals surface area (Å²) in [5.74, 6) is -0.888. The fourth-order valence-electron chi connectivity index (χ4n) is 2.42. The van der Waals surface area contributed by atoms with Gasteiger partial charge >= 0.3 is 0 Å². The lowest BCUT2D eigenvalue weighted by molar-refractivity contribution is 0.0783. The first-order chi connectivity index (χ1) is 11.3. The maximum atomic E-state index is 13.3. The Morgan fingerprint density at radius 3 is 2.08 bits per heavy atom. The molecule has 2 rings (SSSR count). The van der Waals surface area contributed by atoms with E-state index in [1.807, 2.05) is 13.0 Å². The van der Waals surface area contributed by atoms with Gasteiger partial charge in [-0.05, 0) is 42.3 Å². The highest BCUT2D eigenvalue weighted by Crippen LogP contribution is 2.30. The van der Waals surface area contributed by atoms with E-state index < -0.39 is 17.5 Å². The molecule has 0 aliphatic carbocycles. The zero-order valence-corrected chi connectivity index (χ0v) is 14.0. The lowest BCUT2D eigenvalue weighted by Crippen LogP contribution is -2.26. The van der Waals surface area contributed by atoms with Crippen molar-refractivity contribution in [2.45, 2.75) is 13.5 Å². The van der Waals surface area contributed by atoms with Crippen molar-refractivity contribution in [3.63, 3.8) is 0 Å². The first-order valence-electron chi connectivity index (χ1n) is 7.28. The third-order valence-corrected chi connectivity index (χ3v) is 3.71. The van der Waals surface area contributed by atoms with Crippen LogP contribution in [0.4, 0.5) is 8.78 Å². The summed E-state index contributed by atoms with van der Waals surface area (Å²) in [7, 11) is 4.65. The maximum Gasteiger partial charge on any atom is 0.254 e. The average molecular weight is 335 g/mol. The molecule has 0 aliphatic heterocycles. The predicted octanol–water partition coefficient (Wildman–Crippen LogP) is 3.56. The molecule has 0 saturated carbocycles. The van der Waals surface area contributed by atoms with Gasteiger partial charge < -0.3 is 14.4 Å². The Labute approximate surface area is 139 Å². The number of nitrogens with zero attached hydrogens (tertiary/aromatic N) is 1. The summed E-state index contributed by atoms with van der Waals surface area (Å²) in [5.41, 5.74) is 1.73. The molecule has 1 amide bonds. The van der Waals surface area contributed by atoms with Gasteiger partial charge in [0.2, 0.25) is 0 Å². The van der Waals surface area contributed by atoms with E-state index in [9.17, 15) is 13.6 Å². The Kier molecular flexibility index (Phi) is 5.39. The van der Waals surface area contributed by atoms with E-state index in [2.05, 4.69) is 0 Å². The summed E-state index contributed by atoms with van der Waals surface area (Å²) < 4.78 is 37.1. The molecule has 2 aromatic rings. The van der Waals surface area contributed by atoms with Crippen LogP contribution in [0.15, 0.2) is 30.3 Å². The Hall–Kier alpha value is -2.63. The highest BCUT2D eigenvalue weighted by atomic mass is 19.1. The fraction of sp³-hybridized carbons (Fsp3) is 0.278. The minimum absolute atomic E-state index is 0.0341. The SMILES string of the molecule is COc1cc(C)c(CN(C)C(=O)c2cc(F)cc(F)c2)cc1OC. The third kappa shape index (κ3) is 3.82. The van der Waals surface area contributed by atoms with Gasteiger partial charge in [0.15, 0.2) is 11.5 Å². The van der Waals surface area contributed by atoms with Crippen LogP contribution in [0.5, 0.6) is 11.5 Å². The summed E-state index contributed by atoms with van der Waals surface area (Å²) in [4.78, 5) is 13.8. The number of methoxy groups -OCH3 is 2. The summed E-state index contributed by atoms with van der Waals surface area (Å²) in [6.45, 7) is 2.15. The number of hydrogen-bond donors (Lipinski definition) is 0. The molecule has 0 spiro atoms. The molecule has 128 valence electrons. The molecular formula is C18H19F2NO3. The van der Waals surface area contributed by atoms with Gasteiger partial charge in [0.1, 0.15) is 11.6 Å². The molecule has 6 heteroatoms. The first kappa shape index (κ1) is 17.7. The van der Waals surface area contributed by atoms with Crippen molar-refractivity contribution in [3.8, 4) is 11.5 Å². The lowest BCUT2D eigenvalue weighted by Gasteiger charge is -2.20. The van der Waals surface area contributed by atoms with E-state index in [1.54, 1.807) is 20.2 Å². The van der Waals surface area contributed by atoms with Crippen molar-refractivity contribution in [1.82, 2.24) is 4.90 Å². The molecule has 2 aromatic carbocycles. The number of amides is 1. The third-order valence-electron chi connectivity index (χ3n) is 3.71. The molecule has 0 N–H and O–H groups in total. The smallest absolute Gasteiger partial charge is 0.254 e. The van der Waals surface area contributed by atoms with Crippen LogP contribution in [0.3, 0.4) is 0 Å². The number of halogens is 2. The molecule has 0 atom stereocenters. The van der Waals surface area contributed by atoms with Crippen molar-refractivity contribution in [2.24, 2.45) is 0 Å². The molecule has 0 aromatic heterocycles. The van der Waals surface area contributed by atoms with E-state index in [-0.39, 0.29) is 12.1 Å². The Bertz CT molecular complexity index is 742. The minimum atomic E-state index is -0.783. The second kappa shape index (κ2) is 7.29. The van der Waals surface area contributed by atoms with Crippen LogP contribution in [0.2, 0.25) is 0 Å². The molecule has 0 unspecified atom stereocenters. The average Bonchev–Trinajstić information content (AvgIpc) is 2.54. The van der Waals surface area contributed by atoms with Crippen molar-refractivity contribution in [3.05, 3.63) is 58.7 Å². The highest BCUT2D eigenvalue weighted by molar-refractivity contribution is 5.94. The quantitative estimate of drug-likeness (QED) is 0.839. The normalized spacial score (nSPS) is 10.4. The predicted molar refractivity (Wildman–Crippen MR) is 86.4 cm³/mol. The van der Waals surface area contributed by atoms with Gasteiger partial charge in [0, 0.05) is 25.2 Å². The van der Waals surface area contributed by atoms with Gasteiger partial charge in [0.25, 0.3) is 5.91 Å². The number of aryl methyl sites for hydroxylation is 1. The molecular weight excluding hydrogens is 316 g/mol. The van der Waals surface area contributed by atoms with E-state index in [0.717, 1.165) is 29.3 Å². The van der Waals surface area contributed by atoms with E-state index in [4.69, 9.17) is 9.47 Å². The molecule has 0 bridgehead atoms. The first-order valence-corrected chi connectivity index (χ1v) is 7.28. The van der Waals surface area contributed by atoms with Crippen molar-refractivity contribution in [1.29, 1.82) is 0 Å². The molecule has 0 heterocycles. The Morgan fingerprint density at radius 1 is 1.00 bits per heavy atom. The van der Waals surface area contributed by atoms with Crippen LogP contribution >= 0.6 is 0 Å². The molecule has 0 radical (unpaired) electrons. The number of rotatable bonds is 5. The van der Waals surface area contributed by atoms with E-state index in [1.165, 1.54) is 12.0 Å². The summed E-state index contributed by atoms with van der Waals surface area (Å²) >= 11 is 0. The second-order valence-corrected chi connectivity index (χ2v) is 5.45. The van der Waals surface area contributed by atoms with Crippen LogP contribution in [0.1, 0.15) is 21.5 Å². The minimum Gasteiger partial charge on any atom is -0.493 e. The number of carbonyl (C=O) groups is 1. The monoisotopic (exact) mass is 335 g/mol. The summed E-state index contributed by atoms with van der Waals surface area (Å²) in [5, 5.41) is 0. The van der Waals surface area contributed by atoms with Crippen LogP contribution in [-0.2, 0) is 6.54 Å². The Balaban J connectivity index is 2.25. The van der Waals surface area contributed by atoms with E-state index >= 15 is 0 Å². The van der Waals surface area contributed by atoms with Gasteiger partial charge in [-0.25, -0.2) is 8.78 Å². The number of benzene rings is 2. The molecule has 4 nitrogen and oxygen atoms in total. The topological polar surface area (TPSA) is 38.8 Å². The molecule has 0 fully saturated rings. The number of hydrogen-bond acceptors (Lipinski definition) is 3. The number of carbonyl (C=O) groups excluding carboxylic acids is 1. The summed E-state index contributed by atoms with van der Waals surface area (Å²) in [6.07, 6.45) is 0. The van der Waals surface area contributed by atoms with Gasteiger partial charge in [-0.3, -0.25) is 4.79 Å².